The normalized spacial score (nSPS) is 11.1. The number of pyridine rings is 2. The smallest absolute Gasteiger partial charge is 0.422 e. The minimum Gasteiger partial charge on any atom is -0.468 e. The van der Waals surface area contributed by atoms with Crippen molar-refractivity contribution < 1.29 is 27.5 Å². The molecule has 28 heavy (non-hydrogen) atoms. The van der Waals surface area contributed by atoms with Crippen LogP contribution in [0.2, 0.25) is 0 Å². The average Bonchev–Trinajstić information content (AvgIpc) is 2.64. The Balaban J connectivity index is 1.94. The van der Waals surface area contributed by atoms with Crippen molar-refractivity contribution in [3.05, 3.63) is 47.8 Å². The average molecular weight is 395 g/mol. The maximum absolute atomic E-state index is 12.4. The number of nitrogens with one attached hydrogen (secondary N) is 1. The summed E-state index contributed by atoms with van der Waals surface area (Å²) in [5, 5.41) is 2.62. The quantitative estimate of drug-likeness (QED) is 0.650. The molecule has 6 nitrogen and oxygen atoms in total. The Labute approximate surface area is 160 Å². The SMILES string of the molecule is CCCC(=O)Nc1cc(C(=O)CCc2cccc(OCC(F)(F)F)n2)ccn1. The number of carbonyl (C=O) groups is 2. The molecule has 0 fully saturated rings. The number of halogens is 3. The first-order valence-corrected chi connectivity index (χ1v) is 8.71. The third-order valence-electron chi connectivity index (χ3n) is 3.60. The summed E-state index contributed by atoms with van der Waals surface area (Å²) >= 11 is 0. The lowest BCUT2D eigenvalue weighted by molar-refractivity contribution is -0.154. The summed E-state index contributed by atoms with van der Waals surface area (Å²) in [5.41, 5.74) is 0.824. The molecule has 2 aromatic rings. The predicted octanol–water partition coefficient (Wildman–Crippen LogP) is 3.97. The molecule has 0 saturated carbocycles. The molecular formula is C19H20F3N3O3. The van der Waals surface area contributed by atoms with Gasteiger partial charge in [-0.05, 0) is 31.0 Å². The topological polar surface area (TPSA) is 81.2 Å². The molecule has 0 spiro atoms. The molecule has 1 N–H and O–H groups in total. The molecule has 0 bridgehead atoms. The number of amides is 1. The first kappa shape index (κ1) is 21.3. The van der Waals surface area contributed by atoms with Crippen LogP contribution in [0.15, 0.2) is 36.5 Å². The van der Waals surface area contributed by atoms with Crippen molar-refractivity contribution in [1.82, 2.24) is 9.97 Å². The number of carbonyl (C=O) groups excluding carboxylic acids is 2. The van der Waals surface area contributed by atoms with Crippen LogP contribution in [-0.4, -0.2) is 34.4 Å². The van der Waals surface area contributed by atoms with Crippen LogP contribution < -0.4 is 10.1 Å². The van der Waals surface area contributed by atoms with Crippen molar-refractivity contribution in [2.75, 3.05) is 11.9 Å². The van der Waals surface area contributed by atoms with E-state index in [4.69, 9.17) is 0 Å². The highest BCUT2D eigenvalue weighted by Gasteiger charge is 2.28. The number of alkyl halides is 3. The van der Waals surface area contributed by atoms with Gasteiger partial charge in [-0.1, -0.05) is 13.0 Å². The zero-order valence-electron chi connectivity index (χ0n) is 15.3. The molecule has 9 heteroatoms. The van der Waals surface area contributed by atoms with Gasteiger partial charge in [0.1, 0.15) is 5.82 Å². The summed E-state index contributed by atoms with van der Waals surface area (Å²) in [7, 11) is 0. The number of nitrogens with zero attached hydrogens (tertiary/aromatic N) is 2. The van der Waals surface area contributed by atoms with E-state index in [-0.39, 0.29) is 30.4 Å². The molecule has 1 amide bonds. The minimum atomic E-state index is -4.45. The van der Waals surface area contributed by atoms with Crippen LogP contribution in [0.25, 0.3) is 0 Å². The summed E-state index contributed by atoms with van der Waals surface area (Å²) in [4.78, 5) is 32.0. The standard InChI is InChI=1S/C19H20F3N3O3/c1-2-4-17(27)25-16-11-13(9-10-23-16)15(26)8-7-14-5-3-6-18(24-14)28-12-19(20,21)22/h3,5-6,9-11H,2,4,7-8,12H2,1H3,(H,23,25,27). The number of anilines is 1. The van der Waals surface area contributed by atoms with Gasteiger partial charge in [-0.2, -0.15) is 13.2 Å². The Morgan fingerprint density at radius 3 is 2.68 bits per heavy atom. The van der Waals surface area contributed by atoms with Gasteiger partial charge in [-0.25, -0.2) is 9.97 Å². The minimum absolute atomic E-state index is 0.0993. The lowest BCUT2D eigenvalue weighted by atomic mass is 10.1. The van der Waals surface area contributed by atoms with Crippen molar-refractivity contribution in [3.8, 4) is 5.88 Å². The van der Waals surface area contributed by atoms with E-state index < -0.39 is 12.8 Å². The van der Waals surface area contributed by atoms with Crippen molar-refractivity contribution >= 4 is 17.5 Å². The molecular weight excluding hydrogens is 375 g/mol. The molecule has 2 aromatic heterocycles. The number of aromatic nitrogens is 2. The van der Waals surface area contributed by atoms with Crippen LogP contribution in [0.4, 0.5) is 19.0 Å². The molecule has 0 saturated heterocycles. The molecule has 0 atom stereocenters. The fraction of sp³-hybridized carbons (Fsp3) is 0.368. The molecule has 150 valence electrons. The fourth-order valence-electron chi connectivity index (χ4n) is 2.32. The van der Waals surface area contributed by atoms with Gasteiger partial charge in [0.2, 0.25) is 11.8 Å². The monoisotopic (exact) mass is 395 g/mol. The number of rotatable bonds is 9. The number of hydrogen-bond donors (Lipinski definition) is 1. The second kappa shape index (κ2) is 9.82. The number of hydrogen-bond acceptors (Lipinski definition) is 5. The number of aryl methyl sites for hydroxylation is 1. The predicted molar refractivity (Wildman–Crippen MR) is 96.2 cm³/mol. The zero-order chi connectivity index (χ0) is 20.6. The third-order valence-corrected chi connectivity index (χ3v) is 3.60. The van der Waals surface area contributed by atoms with E-state index in [9.17, 15) is 22.8 Å². The summed E-state index contributed by atoms with van der Waals surface area (Å²) in [6.07, 6.45) is -1.62. The molecule has 0 aromatic carbocycles. The molecule has 0 aliphatic rings. The molecule has 0 unspecified atom stereocenters. The van der Waals surface area contributed by atoms with E-state index in [2.05, 4.69) is 20.0 Å². The first-order valence-electron chi connectivity index (χ1n) is 8.71. The first-order chi connectivity index (χ1) is 13.3. The molecule has 2 rings (SSSR count). The van der Waals surface area contributed by atoms with Gasteiger partial charge in [0.15, 0.2) is 12.4 Å². The molecule has 0 aliphatic heterocycles. The third kappa shape index (κ3) is 7.34. The highest BCUT2D eigenvalue weighted by molar-refractivity contribution is 5.98. The summed E-state index contributed by atoms with van der Waals surface area (Å²) in [5.74, 6) is -0.228. The molecule has 0 aliphatic carbocycles. The lowest BCUT2D eigenvalue weighted by Gasteiger charge is -2.09. The highest BCUT2D eigenvalue weighted by atomic mass is 19.4. The summed E-state index contributed by atoms with van der Waals surface area (Å²) in [6.45, 7) is 0.454. The van der Waals surface area contributed by atoms with Gasteiger partial charge < -0.3 is 10.1 Å². The van der Waals surface area contributed by atoms with Crippen molar-refractivity contribution in [3.63, 3.8) is 0 Å². The van der Waals surface area contributed by atoms with E-state index in [1.54, 1.807) is 6.07 Å². The number of ketones is 1. The van der Waals surface area contributed by atoms with E-state index >= 15 is 0 Å². The van der Waals surface area contributed by atoms with Crippen LogP contribution in [0.3, 0.4) is 0 Å². The second-order valence-corrected chi connectivity index (χ2v) is 6.02. The largest absolute Gasteiger partial charge is 0.468 e. The molecule has 0 radical (unpaired) electrons. The molecule has 2 heterocycles. The zero-order valence-corrected chi connectivity index (χ0v) is 15.3. The van der Waals surface area contributed by atoms with Crippen LogP contribution in [-0.2, 0) is 11.2 Å². The van der Waals surface area contributed by atoms with Crippen molar-refractivity contribution in [1.29, 1.82) is 0 Å². The van der Waals surface area contributed by atoms with Gasteiger partial charge in [-0.3, -0.25) is 9.59 Å². The van der Waals surface area contributed by atoms with Gasteiger partial charge in [0.25, 0.3) is 0 Å². The number of ether oxygens (including phenoxy) is 1. The van der Waals surface area contributed by atoms with Crippen LogP contribution in [0.5, 0.6) is 5.88 Å². The Hall–Kier alpha value is -2.97. The number of Topliss-reactive ketones (excluding diaryl/α,β-unsaturated/α-hetero) is 1. The Morgan fingerprint density at radius 1 is 1.18 bits per heavy atom. The van der Waals surface area contributed by atoms with Gasteiger partial charge >= 0.3 is 6.18 Å². The Kier molecular flexibility index (Phi) is 7.48. The maximum atomic E-state index is 12.4. The van der Waals surface area contributed by atoms with Crippen LogP contribution >= 0.6 is 0 Å². The fourth-order valence-corrected chi connectivity index (χ4v) is 2.32. The van der Waals surface area contributed by atoms with Gasteiger partial charge in [0.05, 0.1) is 0 Å². The second-order valence-electron chi connectivity index (χ2n) is 6.02. The van der Waals surface area contributed by atoms with E-state index in [1.807, 2.05) is 6.92 Å². The Morgan fingerprint density at radius 2 is 1.96 bits per heavy atom. The summed E-state index contributed by atoms with van der Waals surface area (Å²) < 4.78 is 41.2. The maximum Gasteiger partial charge on any atom is 0.422 e. The van der Waals surface area contributed by atoms with Crippen LogP contribution in [0, 0.1) is 0 Å². The highest BCUT2D eigenvalue weighted by Crippen LogP contribution is 2.18. The van der Waals surface area contributed by atoms with E-state index in [0.29, 0.717) is 29.9 Å². The van der Waals surface area contributed by atoms with Crippen molar-refractivity contribution in [2.24, 2.45) is 0 Å². The van der Waals surface area contributed by atoms with E-state index in [0.717, 1.165) is 0 Å². The van der Waals surface area contributed by atoms with Gasteiger partial charge in [0, 0.05) is 36.4 Å². The lowest BCUT2D eigenvalue weighted by Crippen LogP contribution is -2.19. The van der Waals surface area contributed by atoms with Crippen molar-refractivity contribution in [2.45, 2.75) is 38.8 Å². The van der Waals surface area contributed by atoms with Gasteiger partial charge in [-0.15, -0.1) is 0 Å². The Bertz CT molecular complexity index is 825. The van der Waals surface area contributed by atoms with E-state index in [1.165, 1.54) is 30.5 Å². The van der Waals surface area contributed by atoms with Crippen LogP contribution in [0.1, 0.15) is 42.2 Å². The summed E-state index contributed by atoms with van der Waals surface area (Å²) in [6, 6.07) is 7.48.